The molecule has 1 aliphatic rings. The number of halogens is 1. The van der Waals surface area contributed by atoms with E-state index in [-0.39, 0.29) is 18.3 Å². The number of hydrogen-bond donors (Lipinski definition) is 0. The van der Waals surface area contributed by atoms with Gasteiger partial charge in [0.25, 0.3) is 0 Å². The van der Waals surface area contributed by atoms with E-state index in [0.29, 0.717) is 24.1 Å². The van der Waals surface area contributed by atoms with Crippen molar-refractivity contribution in [3.8, 4) is 0 Å². The molecule has 1 aliphatic heterocycles. The molecule has 8 heteroatoms. The highest BCUT2D eigenvalue weighted by molar-refractivity contribution is 6.29. The number of pyridine rings is 1. The number of ether oxygens (including phenoxy) is 1. The van der Waals surface area contributed by atoms with Gasteiger partial charge in [-0.05, 0) is 47.9 Å². The summed E-state index contributed by atoms with van der Waals surface area (Å²) in [5.41, 5.74) is 1.47. The second-order valence-corrected chi connectivity index (χ2v) is 5.55. The number of hydrogen-bond acceptors (Lipinski definition) is 5. The molecule has 3 rings (SSSR count). The van der Waals surface area contributed by atoms with Gasteiger partial charge >= 0.3 is 5.69 Å². The molecule has 0 aromatic carbocycles. The van der Waals surface area contributed by atoms with Crippen LogP contribution in [0.3, 0.4) is 0 Å². The van der Waals surface area contributed by atoms with Gasteiger partial charge in [0.1, 0.15) is 5.15 Å². The molecular weight excluding hydrogens is 294 g/mol. The van der Waals surface area contributed by atoms with Crippen LogP contribution in [-0.2, 0) is 11.3 Å². The van der Waals surface area contributed by atoms with Crippen molar-refractivity contribution >= 4 is 11.6 Å². The van der Waals surface area contributed by atoms with E-state index < -0.39 is 0 Å². The molecule has 1 fully saturated rings. The standard InChI is InChI=1S/C13H16ClN5O2/c1-9-6-10(15-12(14)7-9)8-18-13(20)19(17-16-18)11-2-4-21-5-3-11/h6-7,11H,2-5,8H2,1H3. The minimum absolute atomic E-state index is 0.0639. The topological polar surface area (TPSA) is 74.8 Å². The lowest BCUT2D eigenvalue weighted by Gasteiger charge is -2.20. The quantitative estimate of drug-likeness (QED) is 0.796. The molecule has 0 radical (unpaired) electrons. The Morgan fingerprint density at radius 1 is 1.33 bits per heavy atom. The van der Waals surface area contributed by atoms with Gasteiger partial charge in [-0.3, -0.25) is 0 Å². The Labute approximate surface area is 126 Å². The van der Waals surface area contributed by atoms with Crippen molar-refractivity contribution < 1.29 is 4.74 Å². The van der Waals surface area contributed by atoms with Crippen molar-refractivity contribution in [2.24, 2.45) is 0 Å². The number of aromatic nitrogens is 5. The van der Waals surface area contributed by atoms with E-state index in [2.05, 4.69) is 15.4 Å². The fourth-order valence-electron chi connectivity index (χ4n) is 2.47. The molecule has 7 nitrogen and oxygen atoms in total. The van der Waals surface area contributed by atoms with E-state index in [1.165, 1.54) is 9.36 Å². The van der Waals surface area contributed by atoms with Crippen LogP contribution in [0.4, 0.5) is 0 Å². The molecule has 0 N–H and O–H groups in total. The molecule has 3 heterocycles. The van der Waals surface area contributed by atoms with Crippen molar-refractivity contribution in [3.63, 3.8) is 0 Å². The first-order chi connectivity index (χ1) is 10.1. The number of rotatable bonds is 3. The predicted molar refractivity (Wildman–Crippen MR) is 76.5 cm³/mol. The van der Waals surface area contributed by atoms with Gasteiger partial charge < -0.3 is 4.74 Å². The summed E-state index contributed by atoms with van der Waals surface area (Å²) in [4.78, 5) is 16.5. The van der Waals surface area contributed by atoms with Gasteiger partial charge in [-0.2, -0.15) is 9.36 Å². The fraction of sp³-hybridized carbons (Fsp3) is 0.538. The van der Waals surface area contributed by atoms with E-state index in [0.717, 1.165) is 18.4 Å². The third kappa shape index (κ3) is 3.14. The molecular formula is C13H16ClN5O2. The Morgan fingerprint density at radius 3 is 2.81 bits per heavy atom. The molecule has 0 saturated carbocycles. The molecule has 0 unspecified atom stereocenters. The summed E-state index contributed by atoms with van der Waals surface area (Å²) in [5.74, 6) is 0. The van der Waals surface area contributed by atoms with Crippen LogP contribution in [0, 0.1) is 6.92 Å². The SMILES string of the molecule is Cc1cc(Cl)nc(Cn2nnn(C3CCOCC3)c2=O)c1. The van der Waals surface area contributed by atoms with Crippen LogP contribution in [0.2, 0.25) is 5.15 Å². The van der Waals surface area contributed by atoms with Crippen LogP contribution >= 0.6 is 11.6 Å². The van der Waals surface area contributed by atoms with E-state index in [9.17, 15) is 4.79 Å². The van der Waals surface area contributed by atoms with Gasteiger partial charge in [0.2, 0.25) is 0 Å². The molecule has 2 aromatic rings. The molecule has 1 saturated heterocycles. The van der Waals surface area contributed by atoms with E-state index >= 15 is 0 Å². The molecule has 0 aliphatic carbocycles. The lowest BCUT2D eigenvalue weighted by atomic mass is 10.1. The largest absolute Gasteiger partial charge is 0.381 e. The third-order valence-electron chi connectivity index (χ3n) is 3.50. The lowest BCUT2D eigenvalue weighted by Crippen LogP contribution is -2.31. The summed E-state index contributed by atoms with van der Waals surface area (Å²) in [6, 6.07) is 3.72. The minimum atomic E-state index is -0.221. The van der Waals surface area contributed by atoms with Crippen molar-refractivity contribution in [1.29, 1.82) is 0 Å². The fourth-order valence-corrected chi connectivity index (χ4v) is 2.75. The highest BCUT2D eigenvalue weighted by atomic mass is 35.5. The second-order valence-electron chi connectivity index (χ2n) is 5.17. The first kappa shape index (κ1) is 14.2. The first-order valence-electron chi connectivity index (χ1n) is 6.86. The Kier molecular flexibility index (Phi) is 4.03. The maximum absolute atomic E-state index is 12.3. The van der Waals surface area contributed by atoms with E-state index in [1.54, 1.807) is 6.07 Å². The van der Waals surface area contributed by atoms with Gasteiger partial charge in [-0.1, -0.05) is 11.6 Å². The summed E-state index contributed by atoms with van der Waals surface area (Å²) in [6.45, 7) is 3.50. The van der Waals surface area contributed by atoms with Crippen LogP contribution in [0.1, 0.15) is 30.1 Å². The van der Waals surface area contributed by atoms with Gasteiger partial charge in [0.15, 0.2) is 0 Å². The van der Waals surface area contributed by atoms with Crippen LogP contribution in [0.5, 0.6) is 0 Å². The lowest BCUT2D eigenvalue weighted by molar-refractivity contribution is 0.0647. The van der Waals surface area contributed by atoms with Crippen molar-refractivity contribution in [1.82, 2.24) is 24.8 Å². The molecule has 112 valence electrons. The summed E-state index contributed by atoms with van der Waals surface area (Å²) in [6.07, 6.45) is 1.57. The van der Waals surface area contributed by atoms with Gasteiger partial charge in [0.05, 0.1) is 18.3 Å². The maximum Gasteiger partial charge on any atom is 0.364 e. The van der Waals surface area contributed by atoms with Crippen molar-refractivity contribution in [2.75, 3.05) is 13.2 Å². The highest BCUT2D eigenvalue weighted by Crippen LogP contribution is 2.17. The van der Waals surface area contributed by atoms with E-state index in [4.69, 9.17) is 16.3 Å². The van der Waals surface area contributed by atoms with E-state index in [1.807, 2.05) is 13.0 Å². The zero-order valence-corrected chi connectivity index (χ0v) is 12.5. The average Bonchev–Trinajstić information content (AvgIpc) is 2.80. The third-order valence-corrected chi connectivity index (χ3v) is 3.69. The normalized spacial score (nSPS) is 16.3. The zero-order valence-electron chi connectivity index (χ0n) is 11.7. The Hall–Kier alpha value is -1.73. The smallest absolute Gasteiger partial charge is 0.364 e. The first-order valence-corrected chi connectivity index (χ1v) is 7.24. The Balaban J connectivity index is 1.83. The number of aryl methyl sites for hydroxylation is 1. The molecule has 0 bridgehead atoms. The van der Waals surface area contributed by atoms with Gasteiger partial charge in [-0.25, -0.2) is 9.78 Å². The summed E-state index contributed by atoms with van der Waals surface area (Å²) in [7, 11) is 0. The van der Waals surface area contributed by atoms with Crippen molar-refractivity contribution in [2.45, 2.75) is 32.4 Å². The summed E-state index contributed by atoms with van der Waals surface area (Å²) >= 11 is 5.93. The molecule has 0 spiro atoms. The molecule has 0 atom stereocenters. The summed E-state index contributed by atoms with van der Waals surface area (Å²) < 4.78 is 8.05. The van der Waals surface area contributed by atoms with Gasteiger partial charge in [-0.15, -0.1) is 0 Å². The average molecular weight is 310 g/mol. The van der Waals surface area contributed by atoms with Crippen LogP contribution < -0.4 is 5.69 Å². The highest BCUT2D eigenvalue weighted by Gasteiger charge is 2.20. The van der Waals surface area contributed by atoms with Crippen LogP contribution in [0.15, 0.2) is 16.9 Å². The monoisotopic (exact) mass is 309 g/mol. The zero-order chi connectivity index (χ0) is 14.8. The van der Waals surface area contributed by atoms with Crippen LogP contribution in [0.25, 0.3) is 0 Å². The Morgan fingerprint density at radius 2 is 2.10 bits per heavy atom. The second kappa shape index (κ2) is 5.95. The number of nitrogens with zero attached hydrogens (tertiary/aromatic N) is 5. The predicted octanol–water partition coefficient (Wildman–Crippen LogP) is 1.20. The van der Waals surface area contributed by atoms with Crippen LogP contribution in [-0.4, -0.2) is 38.0 Å². The maximum atomic E-state index is 12.3. The summed E-state index contributed by atoms with van der Waals surface area (Å²) in [5, 5.41) is 8.33. The van der Waals surface area contributed by atoms with Crippen molar-refractivity contribution in [3.05, 3.63) is 39.0 Å². The number of tetrazole rings is 1. The molecule has 0 amide bonds. The minimum Gasteiger partial charge on any atom is -0.381 e. The molecule has 2 aromatic heterocycles. The van der Waals surface area contributed by atoms with Gasteiger partial charge in [0, 0.05) is 13.2 Å². The Bertz CT molecular complexity index is 670. The molecule has 21 heavy (non-hydrogen) atoms.